The first kappa shape index (κ1) is 23.7. The van der Waals surface area contributed by atoms with Gasteiger partial charge in [-0.25, -0.2) is 0 Å². The Hall–Kier alpha value is -0.610. The molecule has 2 unspecified atom stereocenters. The Bertz CT molecular complexity index is 531. The van der Waals surface area contributed by atoms with Crippen LogP contribution in [-0.4, -0.2) is 68.2 Å². The maximum absolute atomic E-state index is 11.1. The lowest BCUT2D eigenvalue weighted by Crippen LogP contribution is -2.67. The van der Waals surface area contributed by atoms with Gasteiger partial charge in [-0.05, 0) is 39.0 Å². The van der Waals surface area contributed by atoms with Gasteiger partial charge in [0.2, 0.25) is 5.91 Å². The Morgan fingerprint density at radius 2 is 1.89 bits per heavy atom. The third-order valence-electron chi connectivity index (χ3n) is 6.78. The van der Waals surface area contributed by atoms with E-state index in [0.717, 1.165) is 44.9 Å². The number of nitrogens with two attached hydrogens (primary N) is 1. The van der Waals surface area contributed by atoms with Gasteiger partial charge in [-0.15, -0.1) is 24.0 Å². The molecular weight excluding hydrogens is 469 g/mol. The Morgan fingerprint density at radius 1 is 1.21 bits per heavy atom. The zero-order valence-electron chi connectivity index (χ0n) is 17.4. The summed E-state index contributed by atoms with van der Waals surface area (Å²) in [7, 11) is 1.85. The second kappa shape index (κ2) is 11.0. The van der Waals surface area contributed by atoms with Crippen molar-refractivity contribution in [3.05, 3.63) is 0 Å². The number of nitrogens with zero attached hydrogens (tertiary/aromatic N) is 2. The number of amides is 1. The summed E-state index contributed by atoms with van der Waals surface area (Å²) in [5.41, 5.74) is 5.59. The van der Waals surface area contributed by atoms with Crippen molar-refractivity contribution in [2.24, 2.45) is 16.1 Å². The average Bonchev–Trinajstić information content (AvgIpc) is 2.68. The van der Waals surface area contributed by atoms with Gasteiger partial charge >= 0.3 is 0 Å². The summed E-state index contributed by atoms with van der Waals surface area (Å²) in [5, 5.41) is 7.32. The Labute approximate surface area is 186 Å². The van der Waals surface area contributed by atoms with Gasteiger partial charge in [-0.3, -0.25) is 14.7 Å². The third kappa shape index (κ3) is 5.50. The minimum Gasteiger partial charge on any atom is -0.378 e. The summed E-state index contributed by atoms with van der Waals surface area (Å²) >= 11 is 0. The highest BCUT2D eigenvalue weighted by Crippen LogP contribution is 2.53. The summed E-state index contributed by atoms with van der Waals surface area (Å²) in [6.45, 7) is 5.07. The van der Waals surface area contributed by atoms with Crippen LogP contribution >= 0.6 is 24.0 Å². The lowest BCUT2D eigenvalue weighted by molar-refractivity contribution is -0.145. The normalized spacial score (nSPS) is 28.3. The average molecular weight is 507 g/mol. The molecule has 1 heterocycles. The van der Waals surface area contributed by atoms with Crippen LogP contribution in [0, 0.1) is 5.41 Å². The van der Waals surface area contributed by atoms with Crippen LogP contribution in [0.1, 0.15) is 58.3 Å². The summed E-state index contributed by atoms with van der Waals surface area (Å²) in [4.78, 5) is 17.7. The van der Waals surface area contributed by atoms with E-state index in [2.05, 4.69) is 27.4 Å². The van der Waals surface area contributed by atoms with Crippen LogP contribution in [0.25, 0.3) is 0 Å². The molecule has 162 valence electrons. The summed E-state index contributed by atoms with van der Waals surface area (Å²) in [6.07, 6.45) is 9.98. The molecule has 1 spiro atoms. The minimum atomic E-state index is -0.245. The second-order valence-electron chi connectivity index (χ2n) is 8.40. The van der Waals surface area contributed by atoms with Gasteiger partial charge in [0.15, 0.2) is 5.96 Å². The number of aliphatic imine (C=N–C) groups is 1. The van der Waals surface area contributed by atoms with Crippen molar-refractivity contribution in [3.8, 4) is 0 Å². The van der Waals surface area contributed by atoms with E-state index in [1.165, 1.54) is 32.1 Å². The van der Waals surface area contributed by atoms with E-state index in [1.54, 1.807) is 0 Å². The number of carbonyl (C=O) groups is 1. The van der Waals surface area contributed by atoms with Crippen molar-refractivity contribution in [3.63, 3.8) is 0 Å². The highest BCUT2D eigenvalue weighted by molar-refractivity contribution is 14.0. The summed E-state index contributed by atoms with van der Waals surface area (Å²) in [6, 6.07) is 0.848. The number of ether oxygens (including phenoxy) is 1. The van der Waals surface area contributed by atoms with E-state index in [1.807, 2.05) is 7.05 Å². The molecule has 0 radical (unpaired) electrons. The van der Waals surface area contributed by atoms with Crippen molar-refractivity contribution < 1.29 is 9.53 Å². The van der Waals surface area contributed by atoms with Crippen molar-refractivity contribution in [1.29, 1.82) is 0 Å². The highest BCUT2D eigenvalue weighted by atomic mass is 127. The molecular formula is C20H38IN5O2. The molecule has 2 atom stereocenters. The number of likely N-dealkylation sites (tertiary alicyclic amines) is 1. The first-order valence-corrected chi connectivity index (χ1v) is 10.7. The van der Waals surface area contributed by atoms with Crippen LogP contribution in [0.15, 0.2) is 4.99 Å². The van der Waals surface area contributed by atoms with Gasteiger partial charge in [0.25, 0.3) is 0 Å². The van der Waals surface area contributed by atoms with E-state index >= 15 is 0 Å². The Kier molecular flexibility index (Phi) is 9.27. The molecule has 4 N–H and O–H groups in total. The lowest BCUT2D eigenvalue weighted by Gasteiger charge is -2.58. The number of piperidine rings is 1. The molecule has 3 fully saturated rings. The third-order valence-corrected chi connectivity index (χ3v) is 6.78. The molecule has 1 amide bonds. The molecule has 3 aliphatic rings. The molecule has 28 heavy (non-hydrogen) atoms. The lowest BCUT2D eigenvalue weighted by atomic mass is 9.55. The van der Waals surface area contributed by atoms with Crippen molar-refractivity contribution in [2.75, 3.05) is 33.3 Å². The van der Waals surface area contributed by atoms with Crippen molar-refractivity contribution in [1.82, 2.24) is 15.5 Å². The molecule has 0 aromatic carbocycles. The number of nitrogens with one attached hydrogen (secondary N) is 2. The molecule has 2 saturated carbocycles. The van der Waals surface area contributed by atoms with E-state index in [4.69, 9.17) is 10.5 Å². The van der Waals surface area contributed by atoms with E-state index in [9.17, 15) is 4.79 Å². The first-order chi connectivity index (χ1) is 13.1. The molecule has 7 nitrogen and oxygen atoms in total. The molecule has 8 heteroatoms. The maximum atomic E-state index is 11.1. The number of primary amides is 1. The van der Waals surface area contributed by atoms with Crippen LogP contribution in [-0.2, 0) is 9.53 Å². The smallest absolute Gasteiger partial charge is 0.231 e. The Balaban J connectivity index is 0.00000280. The quantitative estimate of drug-likeness (QED) is 0.290. The molecule has 1 saturated heterocycles. The van der Waals surface area contributed by atoms with Crippen LogP contribution in [0.3, 0.4) is 0 Å². The number of rotatable bonds is 6. The predicted octanol–water partition coefficient (Wildman–Crippen LogP) is 1.85. The summed E-state index contributed by atoms with van der Waals surface area (Å²) < 4.78 is 6.07. The Morgan fingerprint density at radius 3 is 2.46 bits per heavy atom. The number of hydrogen-bond acceptors (Lipinski definition) is 4. The van der Waals surface area contributed by atoms with Crippen LogP contribution in [0.5, 0.6) is 0 Å². The van der Waals surface area contributed by atoms with Gasteiger partial charge in [0.05, 0.1) is 12.6 Å². The number of carbonyl (C=O) groups excluding carboxylic acids is 1. The standard InChI is InChI=1S/C20H37N5O2.HI/c1-3-27-17-13-16(20(17)9-5-4-6-10-20)24-19(22-2)23-15-7-11-25(12-8-15)14-18(21)26;/h15-17H,3-14H2,1-2H3,(H2,21,26)(H2,22,23,24);1H. The number of hydrogen-bond donors (Lipinski definition) is 3. The molecule has 3 rings (SSSR count). The van der Waals surface area contributed by atoms with Gasteiger partial charge in [0.1, 0.15) is 0 Å². The molecule has 0 aromatic rings. The summed E-state index contributed by atoms with van der Waals surface area (Å²) in [5.74, 6) is 0.666. The van der Waals surface area contributed by atoms with E-state index in [0.29, 0.717) is 24.7 Å². The van der Waals surface area contributed by atoms with E-state index in [-0.39, 0.29) is 35.3 Å². The fourth-order valence-corrected chi connectivity index (χ4v) is 5.25. The molecule has 0 aromatic heterocycles. The monoisotopic (exact) mass is 507 g/mol. The number of halogens is 1. The fourth-order valence-electron chi connectivity index (χ4n) is 5.25. The largest absolute Gasteiger partial charge is 0.378 e. The topological polar surface area (TPSA) is 92.0 Å². The zero-order valence-corrected chi connectivity index (χ0v) is 19.7. The van der Waals surface area contributed by atoms with Crippen molar-refractivity contribution in [2.45, 2.75) is 76.5 Å². The van der Waals surface area contributed by atoms with Crippen molar-refractivity contribution >= 4 is 35.8 Å². The van der Waals surface area contributed by atoms with Crippen LogP contribution < -0.4 is 16.4 Å². The molecule has 2 aliphatic carbocycles. The molecule has 0 bridgehead atoms. The fraction of sp³-hybridized carbons (Fsp3) is 0.900. The number of guanidine groups is 1. The van der Waals surface area contributed by atoms with Gasteiger partial charge in [0, 0.05) is 44.2 Å². The SMILES string of the molecule is CCOC1CC(NC(=NC)NC2CCN(CC(N)=O)CC2)C12CCCCC2.I. The second-order valence-corrected chi connectivity index (χ2v) is 8.40. The highest BCUT2D eigenvalue weighted by Gasteiger charge is 2.55. The van der Waals surface area contributed by atoms with E-state index < -0.39 is 0 Å². The zero-order chi connectivity index (χ0) is 19.3. The van der Waals surface area contributed by atoms with Gasteiger partial charge in [-0.2, -0.15) is 0 Å². The first-order valence-electron chi connectivity index (χ1n) is 10.7. The van der Waals surface area contributed by atoms with Gasteiger partial charge < -0.3 is 21.1 Å². The maximum Gasteiger partial charge on any atom is 0.231 e. The van der Waals surface area contributed by atoms with Crippen LogP contribution in [0.2, 0.25) is 0 Å². The molecule has 1 aliphatic heterocycles. The minimum absolute atomic E-state index is 0. The van der Waals surface area contributed by atoms with Crippen LogP contribution in [0.4, 0.5) is 0 Å². The van der Waals surface area contributed by atoms with Gasteiger partial charge in [-0.1, -0.05) is 19.3 Å². The predicted molar refractivity (Wildman–Crippen MR) is 123 cm³/mol.